The summed E-state index contributed by atoms with van der Waals surface area (Å²) in [5.74, 6) is -0.414. The molecule has 1 aliphatic heterocycles. The van der Waals surface area contributed by atoms with Crippen molar-refractivity contribution in [1.82, 2.24) is 9.88 Å². The molecule has 2 heterocycles. The molecule has 1 saturated heterocycles. The van der Waals surface area contributed by atoms with E-state index in [1.54, 1.807) is 0 Å². The molecule has 0 aliphatic carbocycles. The van der Waals surface area contributed by atoms with Crippen LogP contribution in [0.2, 0.25) is 0 Å². The van der Waals surface area contributed by atoms with Gasteiger partial charge < -0.3 is 4.74 Å². The van der Waals surface area contributed by atoms with Crippen molar-refractivity contribution in [2.45, 2.75) is 32.6 Å². The first kappa shape index (κ1) is 18.4. The Labute approximate surface area is 154 Å². The fourth-order valence-corrected chi connectivity index (χ4v) is 3.71. The fourth-order valence-electron chi connectivity index (χ4n) is 3.01. The molecule has 1 amide bonds. The van der Waals surface area contributed by atoms with Crippen molar-refractivity contribution in [1.29, 1.82) is 0 Å². The number of nitro benzene ring substituents is 1. The van der Waals surface area contributed by atoms with E-state index in [1.807, 2.05) is 5.38 Å². The van der Waals surface area contributed by atoms with E-state index < -0.39 is 10.8 Å². The molecule has 2 atom stereocenters. The van der Waals surface area contributed by atoms with Crippen molar-refractivity contribution >= 4 is 28.1 Å². The lowest BCUT2D eigenvalue weighted by atomic mass is 10.2. The highest BCUT2D eigenvalue weighted by atomic mass is 32.1. The molecule has 1 aliphatic rings. The lowest BCUT2D eigenvalue weighted by Gasteiger charge is -2.34. The number of nitro groups is 1. The molecule has 1 fully saturated rings. The van der Waals surface area contributed by atoms with Crippen molar-refractivity contribution in [3.63, 3.8) is 0 Å². The molecule has 2 aromatic rings. The molecule has 8 nitrogen and oxygen atoms in total. The minimum atomic E-state index is -0.525. The summed E-state index contributed by atoms with van der Waals surface area (Å²) in [6.45, 7) is 6.48. The van der Waals surface area contributed by atoms with E-state index in [-0.39, 0.29) is 23.5 Å². The second-order valence-corrected chi connectivity index (χ2v) is 7.22. The Hall–Kier alpha value is -2.36. The standard InChI is InChI=1S/C17H20N4O4S/c1-11-7-20(8-12(2)25-11)9-14-10-26-17(18-14)19-16(22)13-4-3-5-15(6-13)21(23)24/h3-6,10-12H,7-9H2,1-2H3,(H,18,19,22)/t11-,12-/m0/s1. The minimum Gasteiger partial charge on any atom is -0.373 e. The quantitative estimate of drug-likeness (QED) is 0.636. The van der Waals surface area contributed by atoms with Gasteiger partial charge in [0.15, 0.2) is 5.13 Å². The van der Waals surface area contributed by atoms with E-state index in [1.165, 1.54) is 35.6 Å². The lowest BCUT2D eigenvalue weighted by molar-refractivity contribution is -0.384. The number of benzene rings is 1. The summed E-state index contributed by atoms with van der Waals surface area (Å²) in [5, 5.41) is 15.9. The molecule has 1 aromatic carbocycles. The zero-order valence-corrected chi connectivity index (χ0v) is 15.4. The highest BCUT2D eigenvalue weighted by Gasteiger charge is 2.23. The number of hydrogen-bond acceptors (Lipinski definition) is 7. The third-order valence-corrected chi connectivity index (χ3v) is 4.78. The number of nitrogens with one attached hydrogen (secondary N) is 1. The number of aromatic nitrogens is 1. The zero-order chi connectivity index (χ0) is 18.7. The third kappa shape index (κ3) is 4.63. The van der Waals surface area contributed by atoms with Gasteiger partial charge in [-0.05, 0) is 19.9 Å². The summed E-state index contributed by atoms with van der Waals surface area (Å²) in [6.07, 6.45) is 0.371. The fraction of sp³-hybridized carbons (Fsp3) is 0.412. The number of carbonyl (C=O) groups is 1. The molecule has 0 unspecified atom stereocenters. The summed E-state index contributed by atoms with van der Waals surface area (Å²) >= 11 is 1.34. The van der Waals surface area contributed by atoms with Crippen LogP contribution in [0, 0.1) is 10.1 Å². The number of morpholine rings is 1. The van der Waals surface area contributed by atoms with Gasteiger partial charge in [-0.2, -0.15) is 0 Å². The molecule has 0 spiro atoms. The molecule has 138 valence electrons. The van der Waals surface area contributed by atoms with Gasteiger partial charge in [0.25, 0.3) is 11.6 Å². The van der Waals surface area contributed by atoms with Crippen molar-refractivity contribution in [2.24, 2.45) is 0 Å². The highest BCUT2D eigenvalue weighted by Crippen LogP contribution is 2.21. The Bertz CT molecular complexity index is 800. The first-order chi connectivity index (χ1) is 12.4. The molecule has 26 heavy (non-hydrogen) atoms. The largest absolute Gasteiger partial charge is 0.373 e. The zero-order valence-electron chi connectivity index (χ0n) is 14.5. The van der Waals surface area contributed by atoms with Gasteiger partial charge in [-0.25, -0.2) is 4.98 Å². The summed E-state index contributed by atoms with van der Waals surface area (Å²) in [5.41, 5.74) is 0.991. The smallest absolute Gasteiger partial charge is 0.270 e. The van der Waals surface area contributed by atoms with E-state index in [0.717, 1.165) is 18.8 Å². The van der Waals surface area contributed by atoms with Gasteiger partial charge in [0.2, 0.25) is 0 Å². The van der Waals surface area contributed by atoms with Crippen LogP contribution >= 0.6 is 11.3 Å². The second-order valence-electron chi connectivity index (χ2n) is 6.36. The maximum Gasteiger partial charge on any atom is 0.270 e. The number of ether oxygens (including phenoxy) is 1. The van der Waals surface area contributed by atoms with Gasteiger partial charge in [-0.15, -0.1) is 11.3 Å². The van der Waals surface area contributed by atoms with Gasteiger partial charge in [0.05, 0.1) is 22.8 Å². The maximum atomic E-state index is 12.3. The van der Waals surface area contributed by atoms with Crippen molar-refractivity contribution in [3.8, 4) is 0 Å². The Morgan fingerprint density at radius 3 is 2.85 bits per heavy atom. The molecule has 0 radical (unpaired) electrons. The molecular weight excluding hydrogens is 356 g/mol. The second kappa shape index (κ2) is 7.90. The van der Waals surface area contributed by atoms with Crippen LogP contribution < -0.4 is 5.32 Å². The monoisotopic (exact) mass is 376 g/mol. The maximum absolute atomic E-state index is 12.3. The predicted molar refractivity (Wildman–Crippen MR) is 98.4 cm³/mol. The number of amides is 1. The summed E-state index contributed by atoms with van der Waals surface area (Å²) in [7, 11) is 0. The predicted octanol–water partition coefficient (Wildman–Crippen LogP) is 2.91. The summed E-state index contributed by atoms with van der Waals surface area (Å²) < 4.78 is 5.72. The SMILES string of the molecule is C[C@H]1CN(Cc2csc(NC(=O)c3cccc([N+](=O)[O-])c3)n2)C[C@H](C)O1. The Balaban J connectivity index is 1.62. The van der Waals surface area contributed by atoms with Gasteiger partial charge in [0, 0.05) is 42.7 Å². The van der Waals surface area contributed by atoms with Gasteiger partial charge >= 0.3 is 0 Å². The minimum absolute atomic E-state index is 0.118. The number of hydrogen-bond donors (Lipinski definition) is 1. The molecule has 0 saturated carbocycles. The molecule has 1 aromatic heterocycles. The normalized spacial score (nSPS) is 20.7. The average Bonchev–Trinajstić information content (AvgIpc) is 3.00. The van der Waals surface area contributed by atoms with Crippen LogP contribution in [-0.4, -0.2) is 46.0 Å². The number of thiazole rings is 1. The van der Waals surface area contributed by atoms with Crippen LogP contribution in [0.1, 0.15) is 29.9 Å². The molecular formula is C17H20N4O4S. The number of rotatable bonds is 5. The van der Waals surface area contributed by atoms with Crippen LogP contribution in [-0.2, 0) is 11.3 Å². The highest BCUT2D eigenvalue weighted by molar-refractivity contribution is 7.13. The van der Waals surface area contributed by atoms with Crippen molar-refractivity contribution in [2.75, 3.05) is 18.4 Å². The van der Waals surface area contributed by atoms with Crippen LogP contribution in [0.3, 0.4) is 0 Å². The first-order valence-corrected chi connectivity index (χ1v) is 9.16. The van der Waals surface area contributed by atoms with E-state index in [4.69, 9.17) is 4.74 Å². The van der Waals surface area contributed by atoms with Crippen LogP contribution in [0.4, 0.5) is 10.8 Å². The van der Waals surface area contributed by atoms with E-state index in [9.17, 15) is 14.9 Å². The molecule has 1 N–H and O–H groups in total. The van der Waals surface area contributed by atoms with E-state index in [2.05, 4.69) is 29.0 Å². The van der Waals surface area contributed by atoms with E-state index in [0.29, 0.717) is 11.7 Å². The van der Waals surface area contributed by atoms with Crippen molar-refractivity contribution in [3.05, 3.63) is 51.0 Å². The third-order valence-electron chi connectivity index (χ3n) is 3.97. The molecule has 3 rings (SSSR count). The Morgan fingerprint density at radius 2 is 2.15 bits per heavy atom. The first-order valence-electron chi connectivity index (χ1n) is 8.28. The number of non-ortho nitro benzene ring substituents is 1. The van der Waals surface area contributed by atoms with Crippen LogP contribution in [0.15, 0.2) is 29.6 Å². The van der Waals surface area contributed by atoms with E-state index >= 15 is 0 Å². The molecule has 0 bridgehead atoms. The molecule has 9 heteroatoms. The van der Waals surface area contributed by atoms with Gasteiger partial charge in [0.1, 0.15) is 0 Å². The number of anilines is 1. The Morgan fingerprint density at radius 1 is 1.42 bits per heavy atom. The number of carbonyl (C=O) groups excluding carboxylic acids is 1. The Kier molecular flexibility index (Phi) is 5.60. The van der Waals surface area contributed by atoms with Crippen LogP contribution in [0.5, 0.6) is 0 Å². The number of nitrogens with zero attached hydrogens (tertiary/aromatic N) is 3. The van der Waals surface area contributed by atoms with Gasteiger partial charge in [-0.1, -0.05) is 6.07 Å². The lowest BCUT2D eigenvalue weighted by Crippen LogP contribution is -2.44. The topological polar surface area (TPSA) is 97.6 Å². The summed E-state index contributed by atoms with van der Waals surface area (Å²) in [6, 6.07) is 5.62. The average molecular weight is 376 g/mol. The summed E-state index contributed by atoms with van der Waals surface area (Å²) in [4.78, 5) is 29.3. The van der Waals surface area contributed by atoms with Crippen LogP contribution in [0.25, 0.3) is 0 Å². The van der Waals surface area contributed by atoms with Crippen molar-refractivity contribution < 1.29 is 14.5 Å². The van der Waals surface area contributed by atoms with Gasteiger partial charge in [-0.3, -0.25) is 25.1 Å².